The summed E-state index contributed by atoms with van der Waals surface area (Å²) in [5.74, 6) is 0. The van der Waals surface area contributed by atoms with E-state index in [0.29, 0.717) is 0 Å². The predicted molar refractivity (Wildman–Crippen MR) is 57.0 cm³/mol. The molecule has 86 valence electrons. The zero-order valence-electron chi connectivity index (χ0n) is 10.1. The molecule has 0 aliphatic heterocycles. The highest BCUT2D eigenvalue weighted by molar-refractivity contribution is 5.03. The van der Waals surface area contributed by atoms with Crippen molar-refractivity contribution in [3.63, 3.8) is 0 Å². The molecule has 3 N–H and O–H groups in total. The Labute approximate surface area is 86.8 Å². The van der Waals surface area contributed by atoms with Crippen molar-refractivity contribution in [2.24, 2.45) is 10.8 Å². The van der Waals surface area contributed by atoms with E-state index in [9.17, 15) is 10.2 Å². The Morgan fingerprint density at radius 2 is 1.21 bits per heavy atom. The summed E-state index contributed by atoms with van der Waals surface area (Å²) >= 11 is 0. The molecule has 0 aromatic carbocycles. The smallest absolute Gasteiger partial charge is 0.107 e. The van der Waals surface area contributed by atoms with Crippen molar-refractivity contribution in [2.45, 2.75) is 53.2 Å². The van der Waals surface area contributed by atoms with Crippen LogP contribution in [-0.2, 0) is 0 Å². The van der Waals surface area contributed by atoms with Gasteiger partial charge in [-0.15, -0.1) is 0 Å². The van der Waals surface area contributed by atoms with E-state index in [-0.39, 0.29) is 0 Å². The summed E-state index contributed by atoms with van der Waals surface area (Å²) in [4.78, 5) is 0. The second-order valence-corrected chi connectivity index (χ2v) is 5.96. The number of aliphatic hydroxyl groups is 3. The molecule has 0 aliphatic rings. The number of hydrogen-bond donors (Lipinski definition) is 3. The van der Waals surface area contributed by atoms with Crippen LogP contribution in [-0.4, -0.2) is 33.6 Å². The first-order chi connectivity index (χ1) is 5.98. The fourth-order valence-corrected chi connectivity index (χ4v) is 2.26. The summed E-state index contributed by atoms with van der Waals surface area (Å²) in [5, 5.41) is 29.3. The van der Waals surface area contributed by atoms with E-state index in [4.69, 9.17) is 5.11 Å². The quantitative estimate of drug-likeness (QED) is 0.632. The van der Waals surface area contributed by atoms with Gasteiger partial charge in [0.05, 0.1) is 6.61 Å². The third-order valence-electron chi connectivity index (χ3n) is 2.94. The minimum absolute atomic E-state index is 0.426. The number of aliphatic hydroxyl groups excluding tert-OH is 2. The fourth-order valence-electron chi connectivity index (χ4n) is 2.26. The van der Waals surface area contributed by atoms with Gasteiger partial charge in [0.25, 0.3) is 0 Å². The van der Waals surface area contributed by atoms with Crippen LogP contribution in [0.2, 0.25) is 0 Å². The predicted octanol–water partition coefficient (Wildman–Crippen LogP) is 1.16. The van der Waals surface area contributed by atoms with Crippen LogP contribution < -0.4 is 0 Å². The zero-order valence-corrected chi connectivity index (χ0v) is 10.1. The summed E-state index contributed by atoms with van der Waals surface area (Å²) in [5.41, 5.74) is -2.30. The maximum atomic E-state index is 10.5. The molecule has 0 saturated carbocycles. The maximum Gasteiger partial charge on any atom is 0.107 e. The molecule has 0 amide bonds. The largest absolute Gasteiger partial charge is 0.394 e. The molecule has 0 radical (unpaired) electrons. The van der Waals surface area contributed by atoms with Crippen molar-refractivity contribution >= 4 is 0 Å². The highest BCUT2D eigenvalue weighted by Crippen LogP contribution is 2.45. The van der Waals surface area contributed by atoms with Gasteiger partial charge in [-0.1, -0.05) is 41.5 Å². The van der Waals surface area contributed by atoms with Crippen LogP contribution in [0, 0.1) is 10.8 Å². The summed E-state index contributed by atoms with van der Waals surface area (Å²) in [7, 11) is 0. The van der Waals surface area contributed by atoms with Gasteiger partial charge in [0.1, 0.15) is 11.7 Å². The average molecular weight is 204 g/mol. The monoisotopic (exact) mass is 204 g/mol. The van der Waals surface area contributed by atoms with Crippen molar-refractivity contribution in [3.05, 3.63) is 0 Å². The summed E-state index contributed by atoms with van der Waals surface area (Å²) in [6, 6.07) is 0. The van der Waals surface area contributed by atoms with Gasteiger partial charge in [-0.25, -0.2) is 0 Å². The van der Waals surface area contributed by atoms with Gasteiger partial charge >= 0.3 is 0 Å². The van der Waals surface area contributed by atoms with E-state index >= 15 is 0 Å². The van der Waals surface area contributed by atoms with Crippen LogP contribution in [0.5, 0.6) is 0 Å². The SMILES string of the molecule is CC(C)(C)C(O)(C(O)CO)C(C)(C)C. The summed E-state index contributed by atoms with van der Waals surface area (Å²) in [6.45, 7) is 10.7. The lowest BCUT2D eigenvalue weighted by atomic mass is 9.60. The summed E-state index contributed by atoms with van der Waals surface area (Å²) < 4.78 is 0. The third-order valence-corrected chi connectivity index (χ3v) is 2.94. The van der Waals surface area contributed by atoms with E-state index in [1.54, 1.807) is 0 Å². The second-order valence-electron chi connectivity index (χ2n) is 5.96. The van der Waals surface area contributed by atoms with Gasteiger partial charge in [-0.2, -0.15) is 0 Å². The van der Waals surface area contributed by atoms with Crippen LogP contribution >= 0.6 is 0 Å². The minimum Gasteiger partial charge on any atom is -0.394 e. The molecule has 0 bridgehead atoms. The maximum absolute atomic E-state index is 10.5. The Morgan fingerprint density at radius 1 is 0.929 bits per heavy atom. The highest BCUT2D eigenvalue weighted by atomic mass is 16.4. The van der Waals surface area contributed by atoms with Crippen molar-refractivity contribution < 1.29 is 15.3 Å². The Hall–Kier alpha value is -0.120. The zero-order chi connectivity index (χ0) is 11.8. The molecule has 1 atom stereocenters. The molecule has 0 saturated heterocycles. The molecule has 1 unspecified atom stereocenters. The Kier molecular flexibility index (Phi) is 3.76. The first kappa shape index (κ1) is 13.9. The molecular weight excluding hydrogens is 180 g/mol. The Balaban J connectivity index is 5.29. The number of rotatable bonds is 2. The van der Waals surface area contributed by atoms with Gasteiger partial charge in [0.15, 0.2) is 0 Å². The molecule has 0 heterocycles. The standard InChI is InChI=1S/C11H24O3/c1-9(2,3)11(14,8(13)7-12)10(4,5)6/h8,12-14H,7H2,1-6H3. The van der Waals surface area contributed by atoms with E-state index < -0.39 is 29.1 Å². The third kappa shape index (κ3) is 2.10. The molecule has 0 aliphatic carbocycles. The highest BCUT2D eigenvalue weighted by Gasteiger charge is 2.53. The van der Waals surface area contributed by atoms with E-state index in [2.05, 4.69) is 0 Å². The second kappa shape index (κ2) is 3.80. The van der Waals surface area contributed by atoms with Crippen LogP contribution in [0.4, 0.5) is 0 Å². The van der Waals surface area contributed by atoms with Crippen molar-refractivity contribution in [1.82, 2.24) is 0 Å². The first-order valence-electron chi connectivity index (χ1n) is 4.99. The molecule has 0 fully saturated rings. The molecule has 0 rings (SSSR count). The van der Waals surface area contributed by atoms with Crippen LogP contribution in [0.3, 0.4) is 0 Å². The van der Waals surface area contributed by atoms with Crippen molar-refractivity contribution in [2.75, 3.05) is 6.61 Å². The first-order valence-corrected chi connectivity index (χ1v) is 4.99. The van der Waals surface area contributed by atoms with Crippen LogP contribution in [0.1, 0.15) is 41.5 Å². The van der Waals surface area contributed by atoms with E-state index in [1.165, 1.54) is 0 Å². The van der Waals surface area contributed by atoms with Gasteiger partial charge in [-0.3, -0.25) is 0 Å². The molecule has 3 nitrogen and oxygen atoms in total. The van der Waals surface area contributed by atoms with E-state index in [0.717, 1.165) is 0 Å². The lowest BCUT2D eigenvalue weighted by Crippen LogP contribution is -2.62. The molecule has 0 spiro atoms. The minimum atomic E-state index is -1.31. The Morgan fingerprint density at radius 3 is 1.29 bits per heavy atom. The van der Waals surface area contributed by atoms with Crippen LogP contribution in [0.25, 0.3) is 0 Å². The lowest BCUT2D eigenvalue weighted by Gasteiger charge is -2.51. The lowest BCUT2D eigenvalue weighted by molar-refractivity contribution is -0.210. The van der Waals surface area contributed by atoms with Crippen LogP contribution in [0.15, 0.2) is 0 Å². The Bertz CT molecular complexity index is 172. The molecule has 14 heavy (non-hydrogen) atoms. The van der Waals surface area contributed by atoms with Gasteiger partial charge < -0.3 is 15.3 Å². The van der Waals surface area contributed by atoms with Gasteiger partial charge in [0, 0.05) is 0 Å². The van der Waals surface area contributed by atoms with Crippen molar-refractivity contribution in [3.8, 4) is 0 Å². The molecular formula is C11H24O3. The summed E-state index contributed by atoms with van der Waals surface area (Å²) in [6.07, 6.45) is -1.12. The fraction of sp³-hybridized carbons (Fsp3) is 1.00. The normalized spacial score (nSPS) is 16.9. The van der Waals surface area contributed by atoms with E-state index in [1.807, 2.05) is 41.5 Å². The average Bonchev–Trinajstić information content (AvgIpc) is 1.97. The van der Waals surface area contributed by atoms with Crippen molar-refractivity contribution in [1.29, 1.82) is 0 Å². The van der Waals surface area contributed by atoms with Gasteiger partial charge in [0.2, 0.25) is 0 Å². The molecule has 0 aromatic rings. The molecule has 3 heteroatoms. The number of hydrogen-bond acceptors (Lipinski definition) is 3. The van der Waals surface area contributed by atoms with Gasteiger partial charge in [-0.05, 0) is 10.8 Å². The topological polar surface area (TPSA) is 60.7 Å². The molecule has 0 aromatic heterocycles.